The summed E-state index contributed by atoms with van der Waals surface area (Å²) in [6, 6.07) is 29.5. The zero-order chi connectivity index (χ0) is 49.8. The Morgan fingerprint density at radius 1 is 0.614 bits per heavy atom. The summed E-state index contributed by atoms with van der Waals surface area (Å²) in [5, 5.41) is 18.3. The van der Waals surface area contributed by atoms with Gasteiger partial charge in [-0.1, -0.05) is 47.5 Å². The Labute approximate surface area is 411 Å². The van der Waals surface area contributed by atoms with Gasteiger partial charge in [0.25, 0.3) is 11.8 Å². The van der Waals surface area contributed by atoms with Crippen LogP contribution < -0.4 is 21.3 Å². The molecular weight excluding hydrogens is 958 g/mol. The van der Waals surface area contributed by atoms with Crippen molar-refractivity contribution in [2.45, 2.75) is 6.61 Å². The Hall–Kier alpha value is -8.71. The number of carbonyl (C=O) groups excluding carboxylic acids is 5. The quantitative estimate of drug-likeness (QED) is 0.0980. The third-order valence-corrected chi connectivity index (χ3v) is 12.5. The van der Waals surface area contributed by atoms with Crippen molar-refractivity contribution in [3.05, 3.63) is 194 Å². The van der Waals surface area contributed by atoms with Crippen LogP contribution >= 0.6 is 34.5 Å². The van der Waals surface area contributed by atoms with Crippen molar-refractivity contribution in [3.8, 4) is 22.3 Å². The van der Waals surface area contributed by atoms with Gasteiger partial charge in [-0.25, -0.2) is 18.6 Å². The molecule has 0 aliphatic heterocycles. The lowest BCUT2D eigenvalue weighted by atomic mass is 10.0. The number of fused-ring (bicyclic) bond motifs is 2. The van der Waals surface area contributed by atoms with Gasteiger partial charge in [0.2, 0.25) is 11.8 Å². The van der Waals surface area contributed by atoms with Crippen molar-refractivity contribution in [2.75, 3.05) is 23.9 Å². The van der Waals surface area contributed by atoms with Crippen molar-refractivity contribution in [3.63, 3.8) is 0 Å². The Bertz CT molecular complexity index is 3510. The summed E-state index contributed by atoms with van der Waals surface area (Å²) in [5.41, 5.74) is 19.4. The number of ether oxygens (including phenoxy) is 1. The highest BCUT2D eigenvalue weighted by Crippen LogP contribution is 2.30. The molecule has 0 saturated heterocycles. The van der Waals surface area contributed by atoms with Gasteiger partial charge in [0.1, 0.15) is 6.61 Å². The number of primary amides is 2. The number of anilines is 2. The van der Waals surface area contributed by atoms with Crippen LogP contribution in [-0.2, 0) is 11.3 Å². The maximum atomic E-state index is 13.4. The molecule has 20 heteroatoms. The van der Waals surface area contributed by atoms with Crippen LogP contribution in [0.15, 0.2) is 146 Å². The minimum atomic E-state index is -1.18. The number of aromatic carboxylic acids is 1. The molecule has 5 heterocycles. The second-order valence-corrected chi connectivity index (χ2v) is 17.2. The van der Waals surface area contributed by atoms with Crippen LogP contribution in [0.3, 0.4) is 0 Å². The topological polar surface area (TPSA) is 238 Å². The first-order valence-corrected chi connectivity index (χ1v) is 22.4. The standard InChI is InChI=1S/C27H20ClN5O4S.C23H17ClN4O4/c1-32(19-6-7-23(28)21(11-19)27(36)37-14-20-12-30-15-38-20)26(35)18-8-9-33-24(10-18)22(13-31-33)16-2-4-17(5-3-16)25(29)34;1-27(16-6-7-19(24)17(11-16)23(31)32)22(30)15-8-9-28-20(10-15)18(12-26-28)13-2-4-14(5-3-13)21(25)29/h2-13,15H,14H2,1H3,(H2,29,34);2-12H,1H3,(H2,25,29)(H,31,32). The first-order chi connectivity index (χ1) is 33.6. The number of carboxylic acids is 1. The van der Waals surface area contributed by atoms with Crippen molar-refractivity contribution < 1.29 is 38.6 Å². The van der Waals surface area contributed by atoms with Crippen LogP contribution in [-0.4, -0.2) is 79.0 Å². The molecule has 5 aromatic heterocycles. The summed E-state index contributed by atoms with van der Waals surface area (Å²) in [4.78, 5) is 80.8. The number of nitrogens with zero attached hydrogens (tertiary/aromatic N) is 7. The number of amides is 4. The smallest absolute Gasteiger partial charge is 0.340 e. The summed E-state index contributed by atoms with van der Waals surface area (Å²) < 4.78 is 8.65. The molecule has 5 N–H and O–H groups in total. The van der Waals surface area contributed by atoms with Crippen LogP contribution in [0, 0.1) is 0 Å². The predicted octanol–water partition coefficient (Wildman–Crippen LogP) is 8.57. The maximum absolute atomic E-state index is 13.4. The van der Waals surface area contributed by atoms with E-state index in [1.807, 2.05) is 0 Å². The predicted molar refractivity (Wildman–Crippen MR) is 265 cm³/mol. The molecule has 4 aromatic carbocycles. The molecule has 0 bridgehead atoms. The van der Waals surface area contributed by atoms with E-state index in [0.717, 1.165) is 27.1 Å². The fourth-order valence-electron chi connectivity index (χ4n) is 7.21. The number of halogens is 2. The van der Waals surface area contributed by atoms with Gasteiger partial charge in [0, 0.05) is 77.4 Å². The molecule has 350 valence electrons. The number of benzene rings is 4. The van der Waals surface area contributed by atoms with E-state index >= 15 is 0 Å². The summed E-state index contributed by atoms with van der Waals surface area (Å²) in [6.45, 7) is 0.0811. The van der Waals surface area contributed by atoms with Crippen LogP contribution in [0.5, 0.6) is 0 Å². The molecule has 70 heavy (non-hydrogen) atoms. The SMILES string of the molecule is CN(C(=O)c1ccn2ncc(-c3ccc(C(N)=O)cc3)c2c1)c1ccc(Cl)c(C(=O)O)c1.CN(C(=O)c1ccn2ncc(-c3ccc(C(N)=O)cc3)c2c1)c1ccc(Cl)c(C(=O)OCc2cncs2)c1. The molecule has 0 aliphatic carbocycles. The molecule has 9 rings (SSSR count). The first kappa shape index (κ1) is 47.8. The fourth-order valence-corrected chi connectivity index (χ4v) is 8.11. The zero-order valence-corrected chi connectivity index (χ0v) is 39.1. The second kappa shape index (κ2) is 20.3. The average molecular weight is 995 g/mol. The van der Waals surface area contributed by atoms with E-state index in [-0.39, 0.29) is 39.6 Å². The lowest BCUT2D eigenvalue weighted by Gasteiger charge is -2.19. The number of rotatable bonds is 12. The fraction of sp³-hybridized carbons (Fsp3) is 0.0600. The zero-order valence-electron chi connectivity index (χ0n) is 36.8. The number of carbonyl (C=O) groups is 6. The highest BCUT2D eigenvalue weighted by molar-refractivity contribution is 7.09. The summed E-state index contributed by atoms with van der Waals surface area (Å²) >= 11 is 13.6. The normalized spacial score (nSPS) is 10.9. The Balaban J connectivity index is 0.000000191. The van der Waals surface area contributed by atoms with Crippen LogP contribution in [0.4, 0.5) is 11.4 Å². The van der Waals surface area contributed by atoms with Crippen molar-refractivity contribution >= 4 is 92.5 Å². The molecular formula is C50H37Cl2N9O8S. The van der Waals surface area contributed by atoms with Crippen LogP contribution in [0.1, 0.15) is 67.0 Å². The van der Waals surface area contributed by atoms with Gasteiger partial charge < -0.3 is 31.1 Å². The van der Waals surface area contributed by atoms with Gasteiger partial charge in [-0.05, 0) is 96.1 Å². The number of hydrogen-bond donors (Lipinski definition) is 3. The molecule has 4 amide bonds. The largest absolute Gasteiger partial charge is 0.478 e. The lowest BCUT2D eigenvalue weighted by Crippen LogP contribution is -2.26. The molecule has 9 aromatic rings. The number of pyridine rings is 2. The summed E-state index contributed by atoms with van der Waals surface area (Å²) in [6.07, 6.45) is 8.35. The van der Waals surface area contributed by atoms with E-state index in [1.165, 1.54) is 39.3 Å². The summed E-state index contributed by atoms with van der Waals surface area (Å²) in [5.74, 6) is -3.42. The van der Waals surface area contributed by atoms with Crippen molar-refractivity contribution in [1.29, 1.82) is 0 Å². The number of aromatic nitrogens is 5. The van der Waals surface area contributed by atoms with Gasteiger partial charge >= 0.3 is 11.9 Å². The number of nitrogens with two attached hydrogens (primary N) is 2. The molecule has 17 nitrogen and oxygen atoms in total. The molecule has 0 radical (unpaired) electrons. The van der Waals surface area contributed by atoms with E-state index in [4.69, 9.17) is 39.4 Å². The van der Waals surface area contributed by atoms with Gasteiger partial charge in [-0.15, -0.1) is 11.3 Å². The third-order valence-electron chi connectivity index (χ3n) is 11.1. The molecule has 0 atom stereocenters. The highest BCUT2D eigenvalue weighted by atomic mass is 35.5. The average Bonchev–Trinajstić information content (AvgIpc) is 4.16. The van der Waals surface area contributed by atoms with Crippen molar-refractivity contribution in [2.24, 2.45) is 11.5 Å². The number of carboxylic acid groups (broad SMARTS) is 1. The molecule has 0 fully saturated rings. The van der Waals surface area contributed by atoms with Gasteiger partial charge in [0.15, 0.2) is 0 Å². The molecule has 0 spiro atoms. The Morgan fingerprint density at radius 3 is 1.50 bits per heavy atom. The van der Waals surface area contributed by atoms with E-state index in [0.29, 0.717) is 44.7 Å². The second-order valence-electron chi connectivity index (χ2n) is 15.4. The highest BCUT2D eigenvalue weighted by Gasteiger charge is 2.22. The number of esters is 1. The van der Waals surface area contributed by atoms with E-state index in [9.17, 15) is 33.9 Å². The minimum absolute atomic E-state index is 0.0811. The van der Waals surface area contributed by atoms with Gasteiger partial charge in [0.05, 0.1) is 55.0 Å². The monoisotopic (exact) mass is 993 g/mol. The first-order valence-electron chi connectivity index (χ1n) is 20.8. The van der Waals surface area contributed by atoms with Gasteiger partial charge in [-0.2, -0.15) is 10.2 Å². The van der Waals surface area contributed by atoms with Crippen LogP contribution in [0.25, 0.3) is 33.3 Å². The maximum Gasteiger partial charge on any atom is 0.340 e. The molecule has 0 unspecified atom stereocenters. The van der Waals surface area contributed by atoms with E-state index in [1.54, 1.807) is 151 Å². The Kier molecular flexibility index (Phi) is 13.8. The lowest BCUT2D eigenvalue weighted by molar-refractivity contribution is 0.0476. The Morgan fingerprint density at radius 2 is 1.07 bits per heavy atom. The number of hydrogen-bond acceptors (Lipinski definition) is 11. The van der Waals surface area contributed by atoms with Gasteiger partial charge in [-0.3, -0.25) is 24.2 Å². The van der Waals surface area contributed by atoms with E-state index < -0.39 is 23.8 Å². The molecule has 0 aliphatic rings. The van der Waals surface area contributed by atoms with E-state index in [2.05, 4.69) is 15.2 Å². The van der Waals surface area contributed by atoms with Crippen LogP contribution in [0.2, 0.25) is 10.0 Å². The number of thiazole rings is 1. The summed E-state index contributed by atoms with van der Waals surface area (Å²) in [7, 11) is 3.17. The molecule has 0 saturated carbocycles. The third kappa shape index (κ3) is 10.1. The minimum Gasteiger partial charge on any atom is -0.478 e. The van der Waals surface area contributed by atoms with Crippen molar-refractivity contribution in [1.82, 2.24) is 24.2 Å².